The average Bonchev–Trinajstić information content (AvgIpc) is 2.92. The normalized spacial score (nSPS) is 16.0. The molecule has 0 radical (unpaired) electrons. The van der Waals surface area contributed by atoms with E-state index in [4.69, 9.17) is 0 Å². The summed E-state index contributed by atoms with van der Waals surface area (Å²) < 4.78 is 1.20. The molecule has 5 heteroatoms. The van der Waals surface area contributed by atoms with Gasteiger partial charge in [0.05, 0.1) is 5.56 Å². The molecule has 3 rings (SSSR count). The van der Waals surface area contributed by atoms with Gasteiger partial charge in [0, 0.05) is 28.6 Å². The van der Waals surface area contributed by atoms with Gasteiger partial charge in [-0.15, -0.1) is 23.7 Å². The molecule has 1 saturated heterocycles. The molecule has 1 aliphatic rings. The molecule has 3 nitrogen and oxygen atoms in total. The van der Waals surface area contributed by atoms with Crippen LogP contribution in [0, 0.1) is 5.92 Å². The summed E-state index contributed by atoms with van der Waals surface area (Å²) in [7, 11) is 2.00. The summed E-state index contributed by atoms with van der Waals surface area (Å²) in [6.07, 6.45) is 2.21. The Morgan fingerprint density at radius 2 is 2.05 bits per heavy atom. The van der Waals surface area contributed by atoms with Crippen LogP contribution in [0.25, 0.3) is 10.1 Å². The van der Waals surface area contributed by atoms with E-state index in [1.807, 2.05) is 35.5 Å². The summed E-state index contributed by atoms with van der Waals surface area (Å²) in [6.45, 7) is 2.83. The molecule has 114 valence electrons. The molecule has 2 aromatic rings. The van der Waals surface area contributed by atoms with Crippen molar-refractivity contribution in [3.05, 3.63) is 35.2 Å². The van der Waals surface area contributed by atoms with Crippen molar-refractivity contribution in [3.63, 3.8) is 0 Å². The Bertz CT molecular complexity index is 605. The fourth-order valence-corrected chi connectivity index (χ4v) is 3.88. The van der Waals surface area contributed by atoms with Crippen molar-refractivity contribution in [2.24, 2.45) is 5.92 Å². The number of benzene rings is 1. The van der Waals surface area contributed by atoms with Gasteiger partial charge in [-0.1, -0.05) is 18.2 Å². The van der Waals surface area contributed by atoms with Crippen LogP contribution in [0.4, 0.5) is 0 Å². The number of thiophene rings is 1. The maximum atomic E-state index is 12.7. The lowest BCUT2D eigenvalue weighted by Gasteiger charge is -2.31. The van der Waals surface area contributed by atoms with Gasteiger partial charge in [0.2, 0.25) is 0 Å². The van der Waals surface area contributed by atoms with Gasteiger partial charge in [-0.05, 0) is 38.4 Å². The zero-order valence-electron chi connectivity index (χ0n) is 12.2. The van der Waals surface area contributed by atoms with E-state index in [0.717, 1.165) is 43.4 Å². The van der Waals surface area contributed by atoms with Gasteiger partial charge in [-0.3, -0.25) is 4.79 Å². The maximum Gasteiger partial charge on any atom is 0.255 e. The molecule has 1 aromatic carbocycles. The Kier molecular flexibility index (Phi) is 5.62. The van der Waals surface area contributed by atoms with Gasteiger partial charge >= 0.3 is 0 Å². The largest absolute Gasteiger partial charge is 0.339 e. The van der Waals surface area contributed by atoms with Crippen LogP contribution in [0.2, 0.25) is 0 Å². The quantitative estimate of drug-likeness (QED) is 0.938. The predicted molar refractivity (Wildman–Crippen MR) is 91.6 cm³/mol. The van der Waals surface area contributed by atoms with Crippen LogP contribution >= 0.6 is 23.7 Å². The standard InChI is InChI=1S/C16H20N2OS.ClH/c1-17-10-12-6-8-18(9-7-12)16(19)14-11-20-15-5-3-2-4-13(14)15;/h2-5,11-12,17H,6-10H2,1H3;1H. The second-order valence-electron chi connectivity index (χ2n) is 5.44. The molecule has 1 N–H and O–H groups in total. The highest BCUT2D eigenvalue weighted by molar-refractivity contribution is 7.17. The molecule has 0 spiro atoms. The average molecular weight is 325 g/mol. The molecule has 1 aliphatic heterocycles. The zero-order valence-corrected chi connectivity index (χ0v) is 13.8. The molecule has 2 heterocycles. The lowest BCUT2D eigenvalue weighted by molar-refractivity contribution is 0.0693. The molecule has 0 saturated carbocycles. The van der Waals surface area contributed by atoms with Gasteiger partial charge in [-0.25, -0.2) is 0 Å². The first-order chi connectivity index (χ1) is 9.79. The van der Waals surface area contributed by atoms with Gasteiger partial charge in [0.1, 0.15) is 0 Å². The van der Waals surface area contributed by atoms with Crippen molar-refractivity contribution in [2.75, 3.05) is 26.7 Å². The number of halogens is 1. The highest BCUT2D eigenvalue weighted by Gasteiger charge is 2.24. The molecule has 21 heavy (non-hydrogen) atoms. The molecule has 1 fully saturated rings. The van der Waals surface area contributed by atoms with E-state index in [0.29, 0.717) is 5.92 Å². The van der Waals surface area contributed by atoms with E-state index < -0.39 is 0 Å². The predicted octanol–water partition coefficient (Wildman–Crippen LogP) is 3.39. The van der Waals surface area contributed by atoms with Crippen LogP contribution in [0.3, 0.4) is 0 Å². The van der Waals surface area contributed by atoms with Crippen molar-refractivity contribution in [2.45, 2.75) is 12.8 Å². The molecule has 0 aliphatic carbocycles. The third kappa shape index (κ3) is 3.39. The molecule has 0 bridgehead atoms. The number of piperidine rings is 1. The number of carbonyl (C=O) groups excluding carboxylic acids is 1. The molecule has 0 unspecified atom stereocenters. The van der Waals surface area contributed by atoms with Crippen LogP contribution in [0.1, 0.15) is 23.2 Å². The van der Waals surface area contributed by atoms with E-state index in [-0.39, 0.29) is 18.3 Å². The SMILES string of the molecule is CNCC1CCN(C(=O)c2csc3ccccc23)CC1.Cl. The Morgan fingerprint density at radius 3 is 2.76 bits per heavy atom. The van der Waals surface area contributed by atoms with Crippen molar-refractivity contribution < 1.29 is 4.79 Å². The van der Waals surface area contributed by atoms with Gasteiger partial charge in [0.15, 0.2) is 0 Å². The van der Waals surface area contributed by atoms with Gasteiger partial charge in [0.25, 0.3) is 5.91 Å². The van der Waals surface area contributed by atoms with Gasteiger partial charge < -0.3 is 10.2 Å². The lowest BCUT2D eigenvalue weighted by atomic mass is 9.96. The van der Waals surface area contributed by atoms with Crippen LogP contribution < -0.4 is 5.32 Å². The minimum atomic E-state index is 0. The first-order valence-electron chi connectivity index (χ1n) is 7.19. The fraction of sp³-hybridized carbons (Fsp3) is 0.438. The summed E-state index contributed by atoms with van der Waals surface area (Å²) in [5, 5.41) is 6.34. The second-order valence-corrected chi connectivity index (χ2v) is 6.35. The number of hydrogen-bond donors (Lipinski definition) is 1. The molecule has 0 atom stereocenters. The van der Waals surface area contributed by atoms with E-state index in [1.165, 1.54) is 4.70 Å². The smallest absolute Gasteiger partial charge is 0.255 e. The summed E-state index contributed by atoms with van der Waals surface area (Å²) in [6, 6.07) is 8.16. The number of nitrogens with one attached hydrogen (secondary N) is 1. The van der Waals surface area contributed by atoms with Crippen LogP contribution in [-0.4, -0.2) is 37.5 Å². The summed E-state index contributed by atoms with van der Waals surface area (Å²) in [5.74, 6) is 0.911. The Labute approximate surface area is 135 Å². The topological polar surface area (TPSA) is 32.3 Å². The van der Waals surface area contributed by atoms with E-state index in [9.17, 15) is 4.79 Å². The second kappa shape index (κ2) is 7.25. The Balaban J connectivity index is 0.00000161. The lowest BCUT2D eigenvalue weighted by Crippen LogP contribution is -2.40. The Morgan fingerprint density at radius 1 is 1.33 bits per heavy atom. The summed E-state index contributed by atoms with van der Waals surface area (Å²) in [4.78, 5) is 14.7. The fourth-order valence-electron chi connectivity index (χ4n) is 2.94. The van der Waals surface area contributed by atoms with Crippen LogP contribution in [0.5, 0.6) is 0 Å². The highest BCUT2D eigenvalue weighted by Crippen LogP contribution is 2.28. The first kappa shape index (κ1) is 16.3. The third-order valence-corrected chi connectivity index (χ3v) is 5.07. The number of rotatable bonds is 3. The van der Waals surface area contributed by atoms with Crippen molar-refractivity contribution in [3.8, 4) is 0 Å². The number of fused-ring (bicyclic) bond motifs is 1. The van der Waals surface area contributed by atoms with Crippen molar-refractivity contribution >= 4 is 39.7 Å². The minimum absolute atomic E-state index is 0. The number of likely N-dealkylation sites (tertiary alicyclic amines) is 1. The van der Waals surface area contributed by atoms with Crippen molar-refractivity contribution in [1.29, 1.82) is 0 Å². The molecule has 1 amide bonds. The van der Waals surface area contributed by atoms with E-state index in [1.54, 1.807) is 11.3 Å². The number of amides is 1. The van der Waals surface area contributed by atoms with Crippen molar-refractivity contribution in [1.82, 2.24) is 10.2 Å². The monoisotopic (exact) mass is 324 g/mol. The third-order valence-electron chi connectivity index (χ3n) is 4.11. The molecular weight excluding hydrogens is 304 g/mol. The Hall–Kier alpha value is -1.10. The van der Waals surface area contributed by atoms with Gasteiger partial charge in [-0.2, -0.15) is 0 Å². The minimum Gasteiger partial charge on any atom is -0.339 e. The zero-order chi connectivity index (χ0) is 13.9. The molecular formula is C16H21ClN2OS. The first-order valence-corrected chi connectivity index (χ1v) is 8.07. The van der Waals surface area contributed by atoms with E-state index >= 15 is 0 Å². The summed E-state index contributed by atoms with van der Waals surface area (Å²) in [5.41, 5.74) is 0.873. The van der Waals surface area contributed by atoms with Crippen LogP contribution in [0.15, 0.2) is 29.6 Å². The summed E-state index contributed by atoms with van der Waals surface area (Å²) >= 11 is 1.66. The number of nitrogens with zero attached hydrogens (tertiary/aromatic N) is 1. The number of carbonyl (C=O) groups is 1. The molecule has 1 aromatic heterocycles. The maximum absolute atomic E-state index is 12.7. The highest BCUT2D eigenvalue weighted by atomic mass is 35.5. The van der Waals surface area contributed by atoms with Crippen LogP contribution in [-0.2, 0) is 0 Å². The van der Waals surface area contributed by atoms with E-state index in [2.05, 4.69) is 11.4 Å². The number of hydrogen-bond acceptors (Lipinski definition) is 3.